The van der Waals surface area contributed by atoms with Crippen molar-refractivity contribution in [2.75, 3.05) is 7.11 Å². The molecule has 4 nitrogen and oxygen atoms in total. The van der Waals surface area contributed by atoms with Crippen LogP contribution in [0, 0.1) is 3.70 Å². The zero-order chi connectivity index (χ0) is 11.7. The molecule has 0 fully saturated rings. The second-order valence-electron chi connectivity index (χ2n) is 3.30. The van der Waals surface area contributed by atoms with Gasteiger partial charge in [-0.2, -0.15) is 0 Å². The van der Waals surface area contributed by atoms with E-state index in [0.29, 0.717) is 5.69 Å². The molecule has 0 aliphatic heterocycles. The fourth-order valence-corrected chi connectivity index (χ4v) is 2.60. The average molecular weight is 330 g/mol. The van der Waals surface area contributed by atoms with Crippen LogP contribution >= 0.6 is 22.6 Å². The van der Waals surface area contributed by atoms with Gasteiger partial charge in [0.05, 0.1) is 12.8 Å². The molecule has 2 rings (SSSR count). The van der Waals surface area contributed by atoms with Crippen molar-refractivity contribution in [3.05, 3.63) is 33.3 Å². The lowest BCUT2D eigenvalue weighted by atomic mass is 10.3. The summed E-state index contributed by atoms with van der Waals surface area (Å²) in [5.41, 5.74) is 2.29. The van der Waals surface area contributed by atoms with E-state index < -0.39 is 0 Å². The molecule has 2 aromatic heterocycles. The molecule has 5 heteroatoms. The molecule has 0 unspecified atom stereocenters. The van der Waals surface area contributed by atoms with Gasteiger partial charge in [-0.3, -0.25) is 4.40 Å². The van der Waals surface area contributed by atoms with Crippen LogP contribution in [0.5, 0.6) is 0 Å². The van der Waals surface area contributed by atoms with Crippen molar-refractivity contribution in [3.63, 3.8) is 0 Å². The number of pyridine rings is 1. The van der Waals surface area contributed by atoms with Crippen LogP contribution in [0.1, 0.15) is 23.1 Å². The Labute approximate surface area is 107 Å². The van der Waals surface area contributed by atoms with Crippen LogP contribution in [0.3, 0.4) is 0 Å². The van der Waals surface area contributed by atoms with E-state index in [4.69, 9.17) is 4.74 Å². The lowest BCUT2D eigenvalue weighted by Gasteiger charge is -2.03. The lowest BCUT2D eigenvalue weighted by Crippen LogP contribution is -2.08. The lowest BCUT2D eigenvalue weighted by molar-refractivity contribution is 0.0592. The monoisotopic (exact) mass is 330 g/mol. The van der Waals surface area contributed by atoms with Gasteiger partial charge in [0.2, 0.25) is 0 Å². The third-order valence-corrected chi connectivity index (χ3v) is 3.49. The van der Waals surface area contributed by atoms with Crippen molar-refractivity contribution in [1.29, 1.82) is 0 Å². The van der Waals surface area contributed by atoms with Crippen molar-refractivity contribution >= 4 is 34.2 Å². The number of esters is 1. The molecule has 0 spiro atoms. The summed E-state index contributed by atoms with van der Waals surface area (Å²) in [6.45, 7) is 2.04. The maximum Gasteiger partial charge on any atom is 0.355 e. The molecule has 0 N–H and O–H groups in total. The third kappa shape index (κ3) is 1.68. The standard InChI is InChI=1S/C11H11IN2O2/c1-3-7-10(12)14-8(11(15)16-2)5-4-6-9(14)13-7/h4-6H,3H2,1-2H3. The third-order valence-electron chi connectivity index (χ3n) is 2.38. The van der Waals surface area contributed by atoms with Crippen molar-refractivity contribution in [3.8, 4) is 0 Å². The van der Waals surface area contributed by atoms with Gasteiger partial charge >= 0.3 is 5.97 Å². The number of aryl methyl sites for hydroxylation is 1. The Bertz CT molecular complexity index is 548. The first-order valence-electron chi connectivity index (χ1n) is 4.93. The molecule has 0 bridgehead atoms. The van der Waals surface area contributed by atoms with Gasteiger partial charge in [0.1, 0.15) is 15.0 Å². The van der Waals surface area contributed by atoms with Gasteiger partial charge in [-0.25, -0.2) is 9.78 Å². The highest BCUT2D eigenvalue weighted by Gasteiger charge is 2.15. The van der Waals surface area contributed by atoms with Crippen LogP contribution in [0.25, 0.3) is 5.65 Å². The SMILES string of the molecule is CCc1nc2cccc(C(=O)OC)n2c1I. The highest BCUT2D eigenvalue weighted by molar-refractivity contribution is 14.1. The van der Waals surface area contributed by atoms with E-state index in [-0.39, 0.29) is 5.97 Å². The second-order valence-corrected chi connectivity index (χ2v) is 4.32. The Morgan fingerprint density at radius 3 is 2.94 bits per heavy atom. The molecule has 0 aromatic carbocycles. The van der Waals surface area contributed by atoms with Gasteiger partial charge in [-0.15, -0.1) is 0 Å². The van der Waals surface area contributed by atoms with E-state index in [1.54, 1.807) is 6.07 Å². The number of aromatic nitrogens is 2. The first-order valence-corrected chi connectivity index (χ1v) is 6.01. The van der Waals surface area contributed by atoms with E-state index in [2.05, 4.69) is 27.6 Å². The number of imidazole rings is 1. The molecule has 0 saturated heterocycles. The summed E-state index contributed by atoms with van der Waals surface area (Å²) in [6.07, 6.45) is 0.848. The fourth-order valence-electron chi connectivity index (χ4n) is 1.59. The molecule has 0 amide bonds. The first-order chi connectivity index (χ1) is 7.69. The Morgan fingerprint density at radius 2 is 2.31 bits per heavy atom. The zero-order valence-electron chi connectivity index (χ0n) is 9.03. The predicted molar refractivity (Wildman–Crippen MR) is 68.6 cm³/mol. The minimum Gasteiger partial charge on any atom is -0.464 e. The molecule has 0 aliphatic rings. The summed E-state index contributed by atoms with van der Waals surface area (Å²) in [4.78, 5) is 16.1. The molecule has 0 atom stereocenters. The summed E-state index contributed by atoms with van der Waals surface area (Å²) in [5.74, 6) is -0.344. The van der Waals surface area contributed by atoms with Crippen molar-refractivity contribution < 1.29 is 9.53 Å². The Hall–Kier alpha value is -1.11. The maximum atomic E-state index is 11.6. The maximum absolute atomic E-state index is 11.6. The Morgan fingerprint density at radius 1 is 1.56 bits per heavy atom. The smallest absolute Gasteiger partial charge is 0.355 e. The topological polar surface area (TPSA) is 43.6 Å². The predicted octanol–water partition coefficient (Wildman–Crippen LogP) is 2.29. The van der Waals surface area contributed by atoms with Crippen molar-refractivity contribution in [2.45, 2.75) is 13.3 Å². The molecule has 16 heavy (non-hydrogen) atoms. The van der Waals surface area contributed by atoms with Crippen LogP contribution in [0.4, 0.5) is 0 Å². The van der Waals surface area contributed by atoms with Crippen LogP contribution in [0.2, 0.25) is 0 Å². The Kier molecular flexibility index (Phi) is 3.13. The summed E-state index contributed by atoms with van der Waals surface area (Å²) in [5, 5.41) is 0. The molecule has 84 valence electrons. The second kappa shape index (κ2) is 4.40. The molecular weight excluding hydrogens is 319 g/mol. The molecule has 2 aromatic rings. The first kappa shape index (κ1) is 11.4. The van der Waals surface area contributed by atoms with Crippen LogP contribution < -0.4 is 0 Å². The van der Waals surface area contributed by atoms with E-state index in [1.165, 1.54) is 7.11 Å². The Balaban J connectivity index is 2.75. The van der Waals surface area contributed by atoms with E-state index in [9.17, 15) is 4.79 Å². The van der Waals surface area contributed by atoms with E-state index in [1.807, 2.05) is 23.5 Å². The van der Waals surface area contributed by atoms with E-state index in [0.717, 1.165) is 21.5 Å². The largest absolute Gasteiger partial charge is 0.464 e. The normalized spacial score (nSPS) is 10.7. The highest BCUT2D eigenvalue weighted by Crippen LogP contribution is 2.18. The van der Waals surface area contributed by atoms with Crippen LogP contribution in [0.15, 0.2) is 18.2 Å². The quantitative estimate of drug-likeness (QED) is 0.627. The molecular formula is C11H11IN2O2. The number of fused-ring (bicyclic) bond motifs is 1. The van der Waals surface area contributed by atoms with Crippen LogP contribution in [-0.2, 0) is 11.2 Å². The number of halogens is 1. The van der Waals surface area contributed by atoms with Gasteiger partial charge in [0.25, 0.3) is 0 Å². The number of ether oxygens (including phenoxy) is 1. The molecule has 0 radical (unpaired) electrons. The summed E-state index contributed by atoms with van der Waals surface area (Å²) in [6, 6.07) is 5.43. The van der Waals surface area contributed by atoms with Gasteiger partial charge in [0, 0.05) is 0 Å². The highest BCUT2D eigenvalue weighted by atomic mass is 127. The van der Waals surface area contributed by atoms with Crippen molar-refractivity contribution in [1.82, 2.24) is 9.38 Å². The average Bonchev–Trinajstić information content (AvgIpc) is 2.65. The number of methoxy groups -OCH3 is 1. The van der Waals surface area contributed by atoms with Crippen LogP contribution in [-0.4, -0.2) is 22.5 Å². The van der Waals surface area contributed by atoms with Gasteiger partial charge < -0.3 is 4.74 Å². The fraction of sp³-hybridized carbons (Fsp3) is 0.273. The number of rotatable bonds is 2. The number of hydrogen-bond donors (Lipinski definition) is 0. The number of hydrogen-bond acceptors (Lipinski definition) is 3. The zero-order valence-corrected chi connectivity index (χ0v) is 11.2. The summed E-state index contributed by atoms with van der Waals surface area (Å²) in [7, 11) is 1.38. The van der Waals surface area contributed by atoms with Gasteiger partial charge in [0.15, 0.2) is 0 Å². The number of nitrogens with zero attached hydrogens (tertiary/aromatic N) is 2. The summed E-state index contributed by atoms with van der Waals surface area (Å²) >= 11 is 2.20. The minimum absolute atomic E-state index is 0.344. The van der Waals surface area contributed by atoms with Gasteiger partial charge in [-0.1, -0.05) is 13.0 Å². The van der Waals surface area contributed by atoms with Gasteiger partial charge in [-0.05, 0) is 41.1 Å². The minimum atomic E-state index is -0.344. The number of carbonyl (C=O) groups is 1. The van der Waals surface area contributed by atoms with Crippen molar-refractivity contribution in [2.24, 2.45) is 0 Å². The summed E-state index contributed by atoms with van der Waals surface area (Å²) < 4.78 is 7.54. The molecule has 0 saturated carbocycles. The van der Waals surface area contributed by atoms with E-state index >= 15 is 0 Å². The number of carbonyl (C=O) groups excluding carboxylic acids is 1. The molecule has 0 aliphatic carbocycles. The molecule has 2 heterocycles.